The summed E-state index contributed by atoms with van der Waals surface area (Å²) in [6, 6.07) is 4.25. The Labute approximate surface area is 607 Å². The predicted molar refractivity (Wildman–Crippen MR) is 380 cm³/mol. The summed E-state index contributed by atoms with van der Waals surface area (Å²) in [5, 5.41) is 66.6. The Balaban J connectivity index is 1.15. The monoisotopic (exact) mass is 1480 g/mol. The van der Waals surface area contributed by atoms with Gasteiger partial charge in [-0.05, 0) is 67.7 Å². The normalized spacial score (nSPS) is 24.3. The molecule has 0 unspecified atom stereocenters. The molecule has 2 aromatic carbocycles. The van der Waals surface area contributed by atoms with Crippen LogP contribution in [-0.4, -0.2) is 326 Å². The lowest BCUT2D eigenvalue weighted by atomic mass is 10.0. The molecule has 4 fully saturated rings. The van der Waals surface area contributed by atoms with Gasteiger partial charge in [0.2, 0.25) is 47.3 Å². The van der Waals surface area contributed by atoms with Crippen molar-refractivity contribution in [1.29, 1.82) is 0 Å². The molecule has 35 heteroatoms. The summed E-state index contributed by atoms with van der Waals surface area (Å²) in [7, 11) is 0. The molecular formula is C68H101N15O18S2. The molecule has 8 atom stereocenters. The quantitative estimate of drug-likeness (QED) is 0.0582. The number of nitrogens with zero attached hydrogens (tertiary/aromatic N) is 8. The number of aliphatic hydroxyl groups excluding tert-OH is 1. The van der Waals surface area contributed by atoms with E-state index in [-0.39, 0.29) is 134 Å². The van der Waals surface area contributed by atoms with E-state index in [1.807, 2.05) is 30.0 Å². The zero-order valence-electron chi connectivity index (χ0n) is 58.6. The summed E-state index contributed by atoms with van der Waals surface area (Å²) < 4.78 is 0. The number of primary amides is 1. The molecule has 568 valence electrons. The number of hydrogen-bond acceptors (Lipinski definition) is 21. The fourth-order valence-corrected chi connectivity index (χ4v) is 15.1. The third kappa shape index (κ3) is 26.8. The van der Waals surface area contributed by atoms with Gasteiger partial charge in [-0.15, -0.1) is 0 Å². The van der Waals surface area contributed by atoms with Crippen molar-refractivity contribution >= 4 is 101 Å². The summed E-state index contributed by atoms with van der Waals surface area (Å²) in [6.07, 6.45) is 0.0906. The molecule has 13 N–H and O–H groups in total. The van der Waals surface area contributed by atoms with E-state index in [1.54, 1.807) is 49.9 Å². The van der Waals surface area contributed by atoms with Gasteiger partial charge in [0, 0.05) is 141 Å². The Bertz CT molecular complexity index is 3250. The smallest absolute Gasteiger partial charge is 0.327 e. The van der Waals surface area contributed by atoms with Crippen molar-refractivity contribution in [1.82, 2.24) is 71.1 Å². The molecule has 5 aliphatic heterocycles. The zero-order valence-corrected chi connectivity index (χ0v) is 60.2. The largest absolute Gasteiger partial charge is 0.480 e. The van der Waals surface area contributed by atoms with Crippen LogP contribution in [0.1, 0.15) is 87.5 Å². The number of nitrogens with one attached hydrogen (secondary N) is 6. The summed E-state index contributed by atoms with van der Waals surface area (Å²) in [5.74, 6) is -9.96. The highest BCUT2D eigenvalue weighted by atomic mass is 32.2. The number of piperazine rings is 1. The molecular weight excluding hydrogens is 1380 g/mol. The van der Waals surface area contributed by atoms with Gasteiger partial charge >= 0.3 is 29.9 Å². The number of unbranched alkanes of at least 4 members (excludes halogenated alkanes) is 1. The van der Waals surface area contributed by atoms with Gasteiger partial charge in [-0.3, -0.25) is 77.2 Å². The first-order chi connectivity index (χ1) is 49.2. The SMILES string of the molecule is CCCCNC(=O)N[C@H]1CSCc2cc(cc(CN3CCN(C(=O)CN4CCN(CC(=O)O)CCN(CC(=O)O)CCN(CC(=O)O)CC4)CC3)c2)CSC[C@@H](C(=O)O)NC(=O)[C@H](Cc2ccccc2)NC(=O)[C@H](CCC(N)=O)NC(=O)[C@H]([C@@H](C)O)NC(=O)[C@@H]2CCCN2C(=O)[C@@H]2CCCN2C1=O. The van der Waals surface area contributed by atoms with Crippen LogP contribution < -0.4 is 37.6 Å². The molecule has 10 amide bonds. The van der Waals surface area contributed by atoms with Crippen LogP contribution in [0.2, 0.25) is 0 Å². The first kappa shape index (κ1) is 82.1. The number of thioether (sulfide) groups is 2. The highest BCUT2D eigenvalue weighted by Gasteiger charge is 2.45. The van der Waals surface area contributed by atoms with E-state index in [4.69, 9.17) is 5.73 Å². The van der Waals surface area contributed by atoms with E-state index in [9.17, 15) is 87.9 Å². The van der Waals surface area contributed by atoms with Gasteiger partial charge in [-0.25, -0.2) is 9.59 Å². The van der Waals surface area contributed by atoms with Crippen LogP contribution >= 0.6 is 23.5 Å². The number of aliphatic hydroxyl groups is 1. The van der Waals surface area contributed by atoms with E-state index in [0.717, 1.165) is 23.1 Å². The topological polar surface area (TPSA) is 447 Å². The number of carboxylic acids is 4. The van der Waals surface area contributed by atoms with Crippen molar-refractivity contribution in [2.75, 3.05) is 136 Å². The first-order valence-corrected chi connectivity index (χ1v) is 37.5. The van der Waals surface area contributed by atoms with E-state index >= 15 is 0 Å². The average molecular weight is 1480 g/mol. The van der Waals surface area contributed by atoms with Gasteiger partial charge in [-0.2, -0.15) is 23.5 Å². The minimum atomic E-state index is -1.72. The van der Waals surface area contributed by atoms with Gasteiger partial charge in [0.05, 0.1) is 32.3 Å². The Morgan fingerprint density at radius 3 is 1.63 bits per heavy atom. The molecule has 2 aromatic rings. The maximum absolute atomic E-state index is 14.9. The number of urea groups is 1. The highest BCUT2D eigenvalue weighted by Crippen LogP contribution is 2.28. The maximum atomic E-state index is 14.9. The van der Waals surface area contributed by atoms with Crippen molar-refractivity contribution < 1.29 is 87.9 Å². The predicted octanol–water partition coefficient (Wildman–Crippen LogP) is -2.35. The van der Waals surface area contributed by atoms with E-state index in [1.165, 1.54) is 40.2 Å². The number of carbonyl (C=O) groups is 13. The third-order valence-corrected chi connectivity index (χ3v) is 20.9. The average Bonchev–Trinajstić information content (AvgIpc) is 1.68. The number of hydrogen-bond donors (Lipinski definition) is 12. The Hall–Kier alpha value is -8.19. The van der Waals surface area contributed by atoms with Gasteiger partial charge in [0.25, 0.3) is 0 Å². The standard InChI is InChI=1S/C68H101N15O18S2/c1-3-4-16-70-68(101)74-51-42-102-40-47-31-46(35-76-27-29-81(30-28-76)56(86)36-77-19-21-78(37-57(87)88)23-25-80(39-59(91)92)26-24-79(22-20-77)38-58(89)90)32-48(33-47)41-103-43-52(67(99)100)73-62(94)50(34-45-10-6-5-7-11-45)72-61(93)49(14-15-55(69)85)71-64(96)60(44(2)84)75-63(95)53-12-8-17-82(53)66(98)54-13-9-18-83(54)65(51)97/h5-7,10-11,31-33,44,49-54,60,84H,3-4,8-9,12-30,34-43H2,1-2H3,(H2,69,85)(H,71,96)(H,72,93)(H,73,94)(H,75,95)(H,87,88)(H,89,90)(H,91,92)(H,99,100)(H2,70,74,101)/t44-,49+,50+,51+,52+,53+,54+,60+/m1/s1. The van der Waals surface area contributed by atoms with Crippen molar-refractivity contribution in [3.05, 3.63) is 70.8 Å². The number of fused-ring (bicyclic) bond motifs is 4. The molecule has 33 nitrogen and oxygen atoms in total. The fraction of sp³-hybridized carbons (Fsp3) is 0.632. The lowest BCUT2D eigenvalue weighted by Gasteiger charge is -2.37. The molecule has 0 spiro atoms. The summed E-state index contributed by atoms with van der Waals surface area (Å²) in [4.78, 5) is 189. The molecule has 0 radical (unpaired) electrons. The maximum Gasteiger partial charge on any atom is 0.327 e. The molecule has 7 rings (SSSR count). The lowest BCUT2D eigenvalue weighted by molar-refractivity contribution is -0.147. The van der Waals surface area contributed by atoms with Crippen LogP contribution in [-0.2, 0) is 82.0 Å². The van der Waals surface area contributed by atoms with Crippen LogP contribution in [0.15, 0.2) is 48.5 Å². The molecule has 4 saturated heterocycles. The Kier molecular flexibility index (Phi) is 33.0. The molecule has 2 bridgehead atoms. The number of amides is 10. The Morgan fingerprint density at radius 2 is 1.10 bits per heavy atom. The number of aliphatic carboxylic acids is 4. The van der Waals surface area contributed by atoms with Crippen molar-refractivity contribution in [3.63, 3.8) is 0 Å². The second kappa shape index (κ2) is 41.3. The minimum Gasteiger partial charge on any atom is -0.480 e. The molecule has 5 aliphatic rings. The molecule has 0 aliphatic carbocycles. The van der Waals surface area contributed by atoms with E-state index in [0.29, 0.717) is 69.8 Å². The van der Waals surface area contributed by atoms with E-state index < -0.39 is 132 Å². The number of rotatable bonds is 21. The van der Waals surface area contributed by atoms with Crippen LogP contribution in [0.5, 0.6) is 0 Å². The third-order valence-electron chi connectivity index (χ3n) is 18.7. The number of benzene rings is 2. The first-order valence-electron chi connectivity index (χ1n) is 35.2. The Morgan fingerprint density at radius 1 is 0.583 bits per heavy atom. The van der Waals surface area contributed by atoms with Gasteiger partial charge in [0.15, 0.2) is 0 Å². The van der Waals surface area contributed by atoms with Crippen LogP contribution in [0, 0.1) is 0 Å². The number of nitrogens with two attached hydrogens (primary N) is 1. The second-order valence-corrected chi connectivity index (χ2v) is 28.8. The molecule has 5 heterocycles. The van der Waals surface area contributed by atoms with Crippen LogP contribution in [0.25, 0.3) is 0 Å². The lowest BCUT2D eigenvalue weighted by Crippen LogP contribution is -2.61. The summed E-state index contributed by atoms with van der Waals surface area (Å²) in [6.45, 7) is 6.83. The van der Waals surface area contributed by atoms with Gasteiger partial charge in [-0.1, -0.05) is 61.9 Å². The van der Waals surface area contributed by atoms with Gasteiger partial charge < -0.3 is 77.9 Å². The number of carbonyl (C=O) groups excluding carboxylic acids is 9. The second-order valence-electron chi connectivity index (χ2n) is 26.8. The summed E-state index contributed by atoms with van der Waals surface area (Å²) in [5.41, 5.74) is 8.52. The zero-order chi connectivity index (χ0) is 74.7. The van der Waals surface area contributed by atoms with Crippen LogP contribution in [0.4, 0.5) is 4.79 Å². The van der Waals surface area contributed by atoms with Crippen LogP contribution in [0.3, 0.4) is 0 Å². The molecule has 103 heavy (non-hydrogen) atoms. The minimum absolute atomic E-state index is 0.0279. The van der Waals surface area contributed by atoms with Crippen molar-refractivity contribution in [2.24, 2.45) is 5.73 Å². The fourth-order valence-electron chi connectivity index (χ4n) is 13.2. The van der Waals surface area contributed by atoms with E-state index in [2.05, 4.69) is 36.8 Å². The summed E-state index contributed by atoms with van der Waals surface area (Å²) >= 11 is 2.56. The molecule has 0 aromatic heterocycles. The van der Waals surface area contributed by atoms with Crippen molar-refractivity contribution in [2.45, 2.75) is 138 Å². The number of carboxylic acid groups (broad SMARTS) is 4. The molecule has 0 saturated carbocycles. The van der Waals surface area contributed by atoms with Crippen molar-refractivity contribution in [3.8, 4) is 0 Å². The van der Waals surface area contributed by atoms with Gasteiger partial charge in [0.1, 0.15) is 42.3 Å². The highest BCUT2D eigenvalue weighted by molar-refractivity contribution is 7.98.